The Morgan fingerprint density at radius 1 is 0.753 bits per heavy atom. The van der Waals surface area contributed by atoms with Gasteiger partial charge in [-0.2, -0.15) is 0 Å². The molecule has 27 heteroatoms. The van der Waals surface area contributed by atoms with Crippen LogP contribution in [0.2, 0.25) is 0 Å². The number of nitrogens with zero attached hydrogens (tertiary/aromatic N) is 4. The molecule has 1 unspecified atom stereocenters. The number of benzene rings is 4. The van der Waals surface area contributed by atoms with E-state index in [0.29, 0.717) is 43.7 Å². The second kappa shape index (κ2) is 29.8. The van der Waals surface area contributed by atoms with Crippen LogP contribution in [0.25, 0.3) is 0 Å². The van der Waals surface area contributed by atoms with Crippen LogP contribution < -0.4 is 21.7 Å². The molecule has 11 rings (SSSR count). The van der Waals surface area contributed by atoms with Crippen LogP contribution in [-0.2, 0) is 81.4 Å². The molecule has 97 heavy (non-hydrogen) atoms. The van der Waals surface area contributed by atoms with E-state index in [-0.39, 0.29) is 141 Å². The molecular weight excluding hydrogens is 1260 g/mol. The van der Waals surface area contributed by atoms with E-state index in [9.17, 15) is 63.3 Å². The quantitative estimate of drug-likeness (QED) is 0.0197. The van der Waals surface area contributed by atoms with Crippen LogP contribution in [0.15, 0.2) is 84.9 Å². The Morgan fingerprint density at radius 2 is 1.46 bits per heavy atom. The van der Waals surface area contributed by atoms with Crippen molar-refractivity contribution in [3.8, 4) is 11.5 Å². The molecule has 7 aliphatic rings. The standard InChI is InChI=1S/C70H82N8O19/c1-38(2)32-46(74-65(88)47(33-40-12-7-5-8-13-40)73-51(80)16-9-6-10-25-78-53(82)23-24-54(78)83)49(79)21-22-52(81)72-42-19-17-41(18-20-42)37-94-69(90)76-28-26-75(27-29-76)68(89)70(91)35-44-57(63(87)59-58(61(44)85)60(84)43-14-11-15-45(71)56(43)62(59)86)50(36-70)96-55-34-48-64(39(3)95-55)97-66-67(92-4)93-31-30-77(48)66/h5,7-8,11-15,17-20,23-24,38-39,46-48,50,55,64,66-67,85,87,91H,6,9-10,16,21-22,25-37,71H2,1-4H3,(H,72,81)(H,73,80)(H,74,88)/t39-,46-,47-,48-,50-,55?,64+,66+,67-,70-/m0/s1. The van der Waals surface area contributed by atoms with Gasteiger partial charge in [0.15, 0.2) is 36.2 Å². The zero-order valence-electron chi connectivity index (χ0n) is 54.5. The number of methoxy groups -OCH3 is 1. The van der Waals surface area contributed by atoms with Crippen LogP contribution in [0.1, 0.15) is 139 Å². The van der Waals surface area contributed by atoms with Gasteiger partial charge >= 0.3 is 6.09 Å². The monoisotopic (exact) mass is 1340 g/mol. The van der Waals surface area contributed by atoms with Crippen molar-refractivity contribution in [3.63, 3.8) is 0 Å². The number of nitrogen functional groups attached to an aromatic ring is 1. The molecule has 5 aliphatic heterocycles. The number of ketones is 3. The molecule has 0 radical (unpaired) electrons. The maximum Gasteiger partial charge on any atom is 0.410 e. The molecule has 0 spiro atoms. The zero-order chi connectivity index (χ0) is 69.0. The van der Waals surface area contributed by atoms with E-state index in [1.807, 2.05) is 51.1 Å². The van der Waals surface area contributed by atoms with Crippen LogP contribution >= 0.6 is 0 Å². The van der Waals surface area contributed by atoms with Crippen LogP contribution in [0, 0.1) is 5.92 Å². The van der Waals surface area contributed by atoms with Gasteiger partial charge in [0.05, 0.1) is 41.5 Å². The molecule has 27 nitrogen and oxygen atoms in total. The number of phenols is 2. The Hall–Kier alpha value is -8.96. The number of ether oxygens (including phenoxy) is 6. The first-order chi connectivity index (χ1) is 46.5. The summed E-state index contributed by atoms with van der Waals surface area (Å²) in [5.74, 6) is -6.27. The molecule has 10 atom stereocenters. The van der Waals surface area contributed by atoms with E-state index >= 15 is 0 Å². The van der Waals surface area contributed by atoms with Crippen molar-refractivity contribution in [2.45, 2.75) is 159 Å². The van der Waals surface area contributed by atoms with Crippen molar-refractivity contribution in [1.82, 2.24) is 30.2 Å². The molecule has 4 fully saturated rings. The Morgan fingerprint density at radius 3 is 2.18 bits per heavy atom. The number of morpholine rings is 1. The summed E-state index contributed by atoms with van der Waals surface area (Å²) in [5, 5.41) is 45.5. The lowest BCUT2D eigenvalue weighted by atomic mass is 9.72. The number of Topliss-reactive ketones (excluding diaryl/α,β-unsaturated/α-hetero) is 1. The molecule has 516 valence electrons. The number of amides is 7. The van der Waals surface area contributed by atoms with Crippen molar-refractivity contribution in [2.75, 3.05) is 64.0 Å². The summed E-state index contributed by atoms with van der Waals surface area (Å²) in [6.45, 7) is 6.51. The fraction of sp³-hybridized carbons (Fsp3) is 0.486. The second-order valence-electron chi connectivity index (χ2n) is 26.1. The minimum Gasteiger partial charge on any atom is -0.507 e. The predicted molar refractivity (Wildman–Crippen MR) is 345 cm³/mol. The number of fused-ring (bicyclic) bond motifs is 6. The topological polar surface area (TPSA) is 362 Å². The number of carbonyl (C=O) groups excluding carboxylic acids is 10. The SMILES string of the molecule is CO[C@H]1OCCN2[C@@H]1O[C@@H]1[C@H](C)OC(O[C@H]3C[C@](O)(C(=O)N4CCN(C(=O)OCc5ccc(NC(=O)CCC(=O)[C@H](CC(C)C)NC(=O)[C@H](Cc6ccccc6)NC(=O)CCCCCN6C(=O)C=CC6=O)cc5)CC4)Cc4c(O)c5c(c(O)c43)C(=O)c3c(N)cccc3C5=O)C[C@@H]12. The van der Waals surface area contributed by atoms with Crippen LogP contribution in [0.4, 0.5) is 16.2 Å². The third kappa shape index (κ3) is 15.1. The number of rotatable bonds is 24. The zero-order valence-corrected chi connectivity index (χ0v) is 54.5. The van der Waals surface area contributed by atoms with E-state index in [1.165, 1.54) is 47.3 Å². The molecule has 5 heterocycles. The predicted octanol–water partition coefficient (Wildman–Crippen LogP) is 4.24. The number of phenolic OH excluding ortho intramolecular Hbond substituents is 2. The summed E-state index contributed by atoms with van der Waals surface area (Å²) in [5.41, 5.74) is 4.13. The number of hydrogen-bond donors (Lipinski definition) is 7. The maximum absolute atomic E-state index is 14.8. The minimum atomic E-state index is -2.33. The smallest absolute Gasteiger partial charge is 0.410 e. The Labute approximate surface area is 559 Å². The van der Waals surface area contributed by atoms with Crippen LogP contribution in [0.5, 0.6) is 11.5 Å². The Balaban J connectivity index is 0.672. The van der Waals surface area contributed by atoms with E-state index < -0.39 is 126 Å². The van der Waals surface area contributed by atoms with Crippen LogP contribution in [0.3, 0.4) is 0 Å². The van der Waals surface area contributed by atoms with Crippen molar-refractivity contribution < 1.29 is 91.7 Å². The molecule has 4 aromatic rings. The number of imide groups is 1. The molecule has 4 saturated heterocycles. The summed E-state index contributed by atoms with van der Waals surface area (Å²) in [6, 6.07) is 17.7. The van der Waals surface area contributed by atoms with Gasteiger partial charge in [-0.1, -0.05) is 74.9 Å². The molecule has 0 aromatic heterocycles. The van der Waals surface area contributed by atoms with Gasteiger partial charge in [-0.05, 0) is 61.4 Å². The van der Waals surface area contributed by atoms with E-state index in [4.69, 9.17) is 34.2 Å². The first-order valence-corrected chi connectivity index (χ1v) is 33.0. The first kappa shape index (κ1) is 69.4. The van der Waals surface area contributed by atoms with Crippen LogP contribution in [-0.4, -0.2) is 202 Å². The number of carbonyl (C=O) groups is 10. The lowest BCUT2D eigenvalue weighted by molar-refractivity contribution is -0.256. The molecule has 8 N–H and O–H groups in total. The second-order valence-corrected chi connectivity index (χ2v) is 26.1. The number of nitrogens with one attached hydrogen (secondary N) is 3. The number of unbranched alkanes of at least 4 members (excludes halogenated alkanes) is 2. The van der Waals surface area contributed by atoms with Gasteiger partial charge in [-0.15, -0.1) is 0 Å². The fourth-order valence-corrected chi connectivity index (χ4v) is 14.0. The molecule has 7 amide bonds. The highest BCUT2D eigenvalue weighted by Gasteiger charge is 2.56. The number of anilines is 2. The third-order valence-corrected chi connectivity index (χ3v) is 19.0. The number of hydrogen-bond acceptors (Lipinski definition) is 21. The van der Waals surface area contributed by atoms with Crippen molar-refractivity contribution in [3.05, 3.63) is 129 Å². The van der Waals surface area contributed by atoms with Gasteiger partial charge in [0.1, 0.15) is 35.9 Å². The van der Waals surface area contributed by atoms with Crippen molar-refractivity contribution in [2.24, 2.45) is 5.92 Å². The average molecular weight is 1340 g/mol. The van der Waals surface area contributed by atoms with Gasteiger partial charge in [0.2, 0.25) is 17.7 Å². The summed E-state index contributed by atoms with van der Waals surface area (Å²) < 4.78 is 36.5. The Kier molecular flexibility index (Phi) is 21.3. The molecular formula is C70H82N8O19. The number of piperazine rings is 1. The number of nitrogens with two attached hydrogens (primary N) is 1. The van der Waals surface area contributed by atoms with Gasteiger partial charge in [0.25, 0.3) is 17.7 Å². The lowest BCUT2D eigenvalue weighted by Gasteiger charge is -2.45. The van der Waals surface area contributed by atoms with E-state index in [0.717, 1.165) is 10.5 Å². The molecule has 2 aliphatic carbocycles. The largest absolute Gasteiger partial charge is 0.507 e. The average Bonchev–Trinajstić information content (AvgIpc) is 1.45. The summed E-state index contributed by atoms with van der Waals surface area (Å²) >= 11 is 0. The number of aliphatic hydroxyl groups is 1. The van der Waals surface area contributed by atoms with Gasteiger partial charge in [-0.3, -0.25) is 53.0 Å². The van der Waals surface area contributed by atoms with E-state index in [1.54, 1.807) is 24.3 Å². The summed E-state index contributed by atoms with van der Waals surface area (Å²) in [6.07, 6.45) is -2.01. The normalized spacial score (nSPS) is 24.2. The highest BCUT2D eigenvalue weighted by Crippen LogP contribution is 2.53. The maximum atomic E-state index is 14.8. The summed E-state index contributed by atoms with van der Waals surface area (Å²) in [4.78, 5) is 141. The Bertz CT molecular complexity index is 3730. The molecule has 4 aromatic carbocycles. The van der Waals surface area contributed by atoms with Crippen molar-refractivity contribution >= 4 is 70.3 Å². The number of aromatic hydroxyl groups is 2. The molecule has 0 bridgehead atoms. The van der Waals surface area contributed by atoms with Gasteiger partial charge in [-0.25, -0.2) is 4.79 Å². The lowest BCUT2D eigenvalue weighted by Crippen LogP contribution is -2.59. The molecule has 0 saturated carbocycles. The minimum absolute atomic E-state index is 0.00315. The van der Waals surface area contributed by atoms with Gasteiger partial charge in [0, 0.05) is 138 Å². The van der Waals surface area contributed by atoms with Crippen molar-refractivity contribution in [1.29, 1.82) is 0 Å². The fourth-order valence-electron chi connectivity index (χ4n) is 14.0. The third-order valence-electron chi connectivity index (χ3n) is 19.0. The highest BCUT2D eigenvalue weighted by atomic mass is 16.7. The van der Waals surface area contributed by atoms with E-state index in [2.05, 4.69) is 20.9 Å². The van der Waals surface area contributed by atoms with Gasteiger partial charge < -0.3 is 75.2 Å². The highest BCUT2D eigenvalue weighted by molar-refractivity contribution is 6.32. The first-order valence-electron chi connectivity index (χ1n) is 33.0. The summed E-state index contributed by atoms with van der Waals surface area (Å²) in [7, 11) is 1.52.